The van der Waals surface area contributed by atoms with Gasteiger partial charge in [-0.05, 0) is 49.4 Å². The van der Waals surface area contributed by atoms with Gasteiger partial charge in [-0.15, -0.1) is 0 Å². The Kier molecular flexibility index (Phi) is 4.60. The number of aryl methyl sites for hydroxylation is 1. The molecule has 30 heavy (non-hydrogen) atoms. The molecule has 1 fully saturated rings. The fourth-order valence-corrected chi connectivity index (χ4v) is 4.36. The number of carbonyl (C=O) groups is 1. The average molecular weight is 407 g/mol. The van der Waals surface area contributed by atoms with Crippen molar-refractivity contribution in [1.29, 1.82) is 0 Å². The predicted molar refractivity (Wildman–Crippen MR) is 111 cm³/mol. The van der Waals surface area contributed by atoms with Gasteiger partial charge in [0.05, 0.1) is 22.7 Å². The van der Waals surface area contributed by atoms with Crippen LogP contribution in [0.5, 0.6) is 11.5 Å². The molecule has 1 aromatic carbocycles. The van der Waals surface area contributed by atoms with E-state index in [9.17, 15) is 4.79 Å². The molecule has 4 heterocycles. The number of pyridine rings is 1. The highest BCUT2D eigenvalue weighted by molar-refractivity contribution is 6.06. The Bertz CT molecular complexity index is 1120. The maximum absolute atomic E-state index is 13.7. The summed E-state index contributed by atoms with van der Waals surface area (Å²) in [5.74, 6) is 1.69. The highest BCUT2D eigenvalue weighted by Crippen LogP contribution is 2.39. The van der Waals surface area contributed by atoms with Crippen LogP contribution in [0, 0.1) is 6.92 Å². The van der Waals surface area contributed by atoms with E-state index < -0.39 is 0 Å². The van der Waals surface area contributed by atoms with E-state index in [2.05, 4.69) is 24.0 Å². The lowest BCUT2D eigenvalue weighted by Gasteiger charge is -2.27. The van der Waals surface area contributed by atoms with Crippen molar-refractivity contribution >= 4 is 17.0 Å². The van der Waals surface area contributed by atoms with E-state index in [1.54, 1.807) is 0 Å². The molecular weight excluding hydrogens is 382 g/mol. The van der Waals surface area contributed by atoms with E-state index in [0.29, 0.717) is 42.1 Å². The predicted octanol–water partition coefficient (Wildman–Crippen LogP) is 4.40. The van der Waals surface area contributed by atoms with Gasteiger partial charge in [0, 0.05) is 12.2 Å². The largest absolute Gasteiger partial charge is 0.486 e. The Balaban J connectivity index is 1.54. The molecule has 2 aliphatic rings. The lowest BCUT2D eigenvalue weighted by Crippen LogP contribution is -2.31. The minimum atomic E-state index is -0.00649. The van der Waals surface area contributed by atoms with Gasteiger partial charge in [-0.3, -0.25) is 4.79 Å². The zero-order valence-electron chi connectivity index (χ0n) is 17.5. The van der Waals surface area contributed by atoms with Gasteiger partial charge in [-0.1, -0.05) is 25.1 Å². The van der Waals surface area contributed by atoms with Gasteiger partial charge < -0.3 is 18.9 Å². The molecule has 1 amide bonds. The molecule has 0 N–H and O–H groups in total. The fourth-order valence-electron chi connectivity index (χ4n) is 4.36. The summed E-state index contributed by atoms with van der Waals surface area (Å²) in [6.45, 7) is 7.78. The van der Waals surface area contributed by atoms with Crippen LogP contribution in [0.15, 0.2) is 28.8 Å². The third-order valence-corrected chi connectivity index (χ3v) is 5.92. The van der Waals surface area contributed by atoms with Gasteiger partial charge in [-0.25, -0.2) is 4.98 Å². The first kappa shape index (κ1) is 18.9. The molecule has 3 aromatic rings. The molecule has 7 nitrogen and oxygen atoms in total. The monoisotopic (exact) mass is 407 g/mol. The molecule has 1 unspecified atom stereocenters. The topological polar surface area (TPSA) is 77.7 Å². The number of aromatic nitrogens is 2. The van der Waals surface area contributed by atoms with Crippen LogP contribution in [0.4, 0.5) is 0 Å². The van der Waals surface area contributed by atoms with E-state index in [0.717, 1.165) is 35.6 Å². The lowest BCUT2D eigenvalue weighted by atomic mass is 10.0. The molecule has 1 saturated heterocycles. The second-order valence-corrected chi connectivity index (χ2v) is 8.26. The summed E-state index contributed by atoms with van der Waals surface area (Å²) in [6, 6.07) is 7.89. The molecule has 0 radical (unpaired) electrons. The van der Waals surface area contributed by atoms with E-state index >= 15 is 0 Å². The number of carbonyl (C=O) groups excluding carboxylic acids is 1. The Morgan fingerprint density at radius 3 is 2.77 bits per heavy atom. The standard InChI is InChI=1S/C23H25N3O4/c1-13(2)17-12-16(21-14(3)25-30-22(21)24-17)23(27)26-8-4-5-18(26)15-6-7-19-20(11-15)29-10-9-28-19/h6-7,11-13,18H,4-5,8-10H2,1-3H3. The summed E-state index contributed by atoms with van der Waals surface area (Å²) in [4.78, 5) is 20.2. The Labute approximate surface area is 175 Å². The highest BCUT2D eigenvalue weighted by Gasteiger charge is 2.33. The van der Waals surface area contributed by atoms with Crippen molar-refractivity contribution in [3.63, 3.8) is 0 Å². The number of hydrogen-bond acceptors (Lipinski definition) is 6. The fraction of sp³-hybridized carbons (Fsp3) is 0.435. The number of likely N-dealkylation sites (tertiary alicyclic amines) is 1. The average Bonchev–Trinajstić information content (AvgIpc) is 3.39. The van der Waals surface area contributed by atoms with Crippen molar-refractivity contribution < 1.29 is 18.8 Å². The van der Waals surface area contributed by atoms with Gasteiger partial charge >= 0.3 is 0 Å². The lowest BCUT2D eigenvalue weighted by molar-refractivity contribution is 0.0737. The number of hydrogen-bond donors (Lipinski definition) is 0. The summed E-state index contributed by atoms with van der Waals surface area (Å²) in [5.41, 5.74) is 3.63. The van der Waals surface area contributed by atoms with Crippen LogP contribution in [0.3, 0.4) is 0 Å². The molecule has 0 spiro atoms. The Morgan fingerprint density at radius 2 is 1.97 bits per heavy atom. The van der Waals surface area contributed by atoms with Crippen molar-refractivity contribution in [1.82, 2.24) is 15.0 Å². The first-order chi connectivity index (χ1) is 14.5. The number of rotatable bonds is 3. The van der Waals surface area contributed by atoms with E-state index in [4.69, 9.17) is 14.0 Å². The third kappa shape index (κ3) is 3.09. The molecule has 2 aliphatic heterocycles. The molecule has 156 valence electrons. The van der Waals surface area contributed by atoms with Gasteiger partial charge in [0.15, 0.2) is 11.5 Å². The molecule has 0 bridgehead atoms. The van der Waals surface area contributed by atoms with Crippen LogP contribution in [0.1, 0.15) is 66.0 Å². The maximum Gasteiger partial charge on any atom is 0.259 e. The molecule has 0 saturated carbocycles. The first-order valence-electron chi connectivity index (χ1n) is 10.5. The minimum absolute atomic E-state index is 0.000733. The van der Waals surface area contributed by atoms with Crippen molar-refractivity contribution in [2.75, 3.05) is 19.8 Å². The number of benzene rings is 1. The van der Waals surface area contributed by atoms with E-state index in [1.165, 1.54) is 0 Å². The normalized spacial score (nSPS) is 18.4. The second-order valence-electron chi connectivity index (χ2n) is 8.26. The smallest absolute Gasteiger partial charge is 0.259 e. The summed E-state index contributed by atoms with van der Waals surface area (Å²) >= 11 is 0. The maximum atomic E-state index is 13.7. The van der Waals surface area contributed by atoms with Gasteiger partial charge in [0.1, 0.15) is 13.2 Å². The molecule has 0 aliphatic carbocycles. The molecule has 1 atom stereocenters. The van der Waals surface area contributed by atoms with E-state index in [1.807, 2.05) is 36.1 Å². The molecule has 5 rings (SSSR count). The van der Waals surface area contributed by atoms with Crippen molar-refractivity contribution in [3.8, 4) is 11.5 Å². The van der Waals surface area contributed by atoms with Gasteiger partial charge in [0.2, 0.25) is 0 Å². The number of fused-ring (bicyclic) bond motifs is 2. The number of nitrogens with zero attached hydrogens (tertiary/aromatic N) is 3. The van der Waals surface area contributed by atoms with Crippen LogP contribution in [0.25, 0.3) is 11.1 Å². The first-order valence-corrected chi connectivity index (χ1v) is 10.5. The summed E-state index contributed by atoms with van der Waals surface area (Å²) in [7, 11) is 0. The second kappa shape index (κ2) is 7.31. The van der Waals surface area contributed by atoms with Crippen molar-refractivity contribution in [2.45, 2.75) is 45.6 Å². The third-order valence-electron chi connectivity index (χ3n) is 5.92. The van der Waals surface area contributed by atoms with Crippen LogP contribution < -0.4 is 9.47 Å². The SMILES string of the molecule is Cc1noc2nc(C(C)C)cc(C(=O)N3CCCC3c3ccc4c(c3)OCCO4)c12. The van der Waals surface area contributed by atoms with Crippen LogP contribution in [-0.4, -0.2) is 40.7 Å². The minimum Gasteiger partial charge on any atom is -0.486 e. The molecular formula is C23H25N3O4. The van der Waals surface area contributed by atoms with Crippen LogP contribution in [0.2, 0.25) is 0 Å². The van der Waals surface area contributed by atoms with E-state index in [-0.39, 0.29) is 17.9 Å². The number of ether oxygens (including phenoxy) is 2. The summed E-state index contributed by atoms with van der Waals surface area (Å²) in [5, 5.41) is 4.76. The highest BCUT2D eigenvalue weighted by atomic mass is 16.6. The Morgan fingerprint density at radius 1 is 1.17 bits per heavy atom. The van der Waals surface area contributed by atoms with Crippen LogP contribution in [-0.2, 0) is 0 Å². The van der Waals surface area contributed by atoms with Crippen molar-refractivity contribution in [3.05, 3.63) is 46.8 Å². The van der Waals surface area contributed by atoms with Gasteiger partial charge in [0.25, 0.3) is 11.6 Å². The zero-order chi connectivity index (χ0) is 20.8. The van der Waals surface area contributed by atoms with Crippen LogP contribution >= 0.6 is 0 Å². The Hall–Kier alpha value is -3.09. The molecule has 7 heteroatoms. The zero-order valence-corrected chi connectivity index (χ0v) is 17.5. The quantitative estimate of drug-likeness (QED) is 0.640. The summed E-state index contributed by atoms with van der Waals surface area (Å²) in [6.07, 6.45) is 1.87. The molecule has 2 aromatic heterocycles. The van der Waals surface area contributed by atoms with Crippen molar-refractivity contribution in [2.24, 2.45) is 0 Å². The number of amides is 1. The summed E-state index contributed by atoms with van der Waals surface area (Å²) < 4.78 is 16.8. The van der Waals surface area contributed by atoms with Gasteiger partial charge in [-0.2, -0.15) is 0 Å².